The van der Waals surface area contributed by atoms with Gasteiger partial charge in [0.1, 0.15) is 16.2 Å². The molecule has 2 atom stereocenters. The average molecular weight is 214 g/mol. The predicted molar refractivity (Wildman–Crippen MR) is 38.9 cm³/mol. The maximum absolute atomic E-state index is 10.5. The summed E-state index contributed by atoms with van der Waals surface area (Å²) in [5, 5.41) is 18.2. The molecule has 0 aromatic rings. The number of rotatable bonds is 1. The molecule has 1 aliphatic carbocycles. The third-order valence-electron chi connectivity index (χ3n) is 1.56. The molecule has 0 aromatic heterocycles. The molecule has 5 nitrogen and oxygen atoms in total. The van der Waals surface area contributed by atoms with Crippen molar-refractivity contribution in [3.63, 3.8) is 0 Å². The number of hydrogen-bond acceptors (Lipinski definition) is 5. The second-order valence-corrected chi connectivity index (χ2v) is 3.96. The van der Waals surface area contributed by atoms with E-state index in [1.165, 1.54) is 12.2 Å². The van der Waals surface area contributed by atoms with Crippen molar-refractivity contribution in [3.05, 3.63) is 24.3 Å². The van der Waals surface area contributed by atoms with Crippen LogP contribution >= 0.6 is 0 Å². The quantitative estimate of drug-likeness (QED) is 0.340. The second kappa shape index (κ2) is 4.22. The van der Waals surface area contributed by atoms with E-state index in [4.69, 9.17) is 5.11 Å². The third kappa shape index (κ3) is 2.41. The first-order chi connectivity index (χ1) is 5.38. The van der Waals surface area contributed by atoms with Crippen LogP contribution in [0.4, 0.5) is 0 Å². The van der Waals surface area contributed by atoms with Gasteiger partial charge in [-0.2, -0.15) is 0 Å². The van der Waals surface area contributed by atoms with E-state index in [1.54, 1.807) is 0 Å². The van der Waals surface area contributed by atoms with Gasteiger partial charge in [-0.3, -0.25) is 0 Å². The van der Waals surface area contributed by atoms with Gasteiger partial charge in [-0.05, 0) is 6.08 Å². The van der Waals surface area contributed by atoms with E-state index in [0.717, 1.165) is 12.2 Å². The smallest absolute Gasteiger partial charge is 0.745 e. The van der Waals surface area contributed by atoms with E-state index in [-0.39, 0.29) is 29.6 Å². The zero-order valence-corrected chi connectivity index (χ0v) is 9.73. The number of aliphatic hydroxyl groups is 2. The summed E-state index contributed by atoms with van der Waals surface area (Å²) >= 11 is 0. The van der Waals surface area contributed by atoms with Gasteiger partial charge >= 0.3 is 29.6 Å². The van der Waals surface area contributed by atoms with E-state index in [2.05, 4.69) is 0 Å². The minimum atomic E-state index is -4.96. The molecule has 13 heavy (non-hydrogen) atoms. The van der Waals surface area contributed by atoms with Crippen LogP contribution in [0, 0.1) is 0 Å². The maximum atomic E-state index is 10.5. The van der Waals surface area contributed by atoms with Gasteiger partial charge in [0.2, 0.25) is 4.93 Å². The van der Waals surface area contributed by atoms with Gasteiger partial charge in [-0.25, -0.2) is 8.42 Å². The molecule has 2 N–H and O–H groups in total. The molecule has 2 unspecified atom stereocenters. The first-order valence-electron chi connectivity index (χ1n) is 3.10. The van der Waals surface area contributed by atoms with Gasteiger partial charge in [0.15, 0.2) is 0 Å². The summed E-state index contributed by atoms with van der Waals surface area (Å²) in [6.07, 6.45) is 2.59. The fraction of sp³-hybridized carbons (Fsp3) is 0.333. The summed E-state index contributed by atoms with van der Waals surface area (Å²) < 4.78 is 31.4. The summed E-state index contributed by atoms with van der Waals surface area (Å²) in [4.78, 5) is -2.72. The minimum Gasteiger partial charge on any atom is -0.745 e. The molecule has 0 radical (unpaired) electrons. The Bertz CT molecular complexity index is 333. The first kappa shape index (κ1) is 13.3. The Morgan fingerprint density at radius 1 is 1.38 bits per heavy atom. The summed E-state index contributed by atoms with van der Waals surface area (Å²) in [6.45, 7) is 0. The normalized spacial score (nSPS) is 32.7. The topological polar surface area (TPSA) is 97.7 Å². The standard InChI is InChI=1S/C6H8O5S.Na/c7-5-3-1-2-4-6(5,8)12(9,10)11;/h1-5,7-8H,(H,9,10,11);/q;+1/p-1. The van der Waals surface area contributed by atoms with Crippen LogP contribution in [0.1, 0.15) is 0 Å². The molecule has 0 amide bonds. The van der Waals surface area contributed by atoms with Crippen molar-refractivity contribution in [3.8, 4) is 0 Å². The summed E-state index contributed by atoms with van der Waals surface area (Å²) in [7, 11) is -4.96. The van der Waals surface area contributed by atoms with E-state index < -0.39 is 21.2 Å². The molecule has 0 saturated carbocycles. The third-order valence-corrected chi connectivity index (χ3v) is 2.74. The first-order valence-corrected chi connectivity index (χ1v) is 4.50. The van der Waals surface area contributed by atoms with Crippen molar-refractivity contribution in [2.24, 2.45) is 0 Å². The van der Waals surface area contributed by atoms with Crippen LogP contribution in [0.25, 0.3) is 0 Å². The summed E-state index contributed by atoms with van der Waals surface area (Å²) in [5.41, 5.74) is 0. The van der Waals surface area contributed by atoms with Crippen LogP contribution in [0.3, 0.4) is 0 Å². The SMILES string of the molecule is O=S(=O)([O-])C1(O)C=CC=CC1O.[Na+]. The summed E-state index contributed by atoms with van der Waals surface area (Å²) in [6, 6.07) is 0. The van der Waals surface area contributed by atoms with Crippen LogP contribution in [-0.2, 0) is 10.1 Å². The van der Waals surface area contributed by atoms with Crippen LogP contribution < -0.4 is 29.6 Å². The molecule has 0 bridgehead atoms. The Morgan fingerprint density at radius 3 is 2.23 bits per heavy atom. The molecule has 0 heterocycles. The van der Waals surface area contributed by atoms with Crippen molar-refractivity contribution in [2.45, 2.75) is 11.0 Å². The van der Waals surface area contributed by atoms with Crippen molar-refractivity contribution in [1.29, 1.82) is 0 Å². The molecular formula is C6H7NaO5S. The Kier molecular flexibility index (Phi) is 4.32. The van der Waals surface area contributed by atoms with E-state index >= 15 is 0 Å². The summed E-state index contributed by atoms with van der Waals surface area (Å²) in [5.74, 6) is 0. The Hall–Kier alpha value is 0.310. The van der Waals surface area contributed by atoms with Crippen LogP contribution in [0.2, 0.25) is 0 Å². The second-order valence-electron chi connectivity index (χ2n) is 2.39. The van der Waals surface area contributed by atoms with E-state index in [9.17, 15) is 18.1 Å². The Labute approximate surface area is 97.8 Å². The molecule has 1 rings (SSSR count). The minimum absolute atomic E-state index is 0. The fourth-order valence-corrected chi connectivity index (χ4v) is 1.45. The van der Waals surface area contributed by atoms with Crippen LogP contribution in [-0.4, -0.2) is 34.2 Å². The maximum Gasteiger partial charge on any atom is 1.00 e. The number of aliphatic hydroxyl groups excluding tert-OH is 1. The van der Waals surface area contributed by atoms with E-state index in [0.29, 0.717) is 0 Å². The van der Waals surface area contributed by atoms with Gasteiger partial charge in [-0.1, -0.05) is 18.2 Å². The molecule has 0 fully saturated rings. The number of hydrogen-bond donors (Lipinski definition) is 2. The monoisotopic (exact) mass is 214 g/mol. The van der Waals surface area contributed by atoms with Crippen LogP contribution in [0.5, 0.6) is 0 Å². The molecule has 68 valence electrons. The van der Waals surface area contributed by atoms with Gasteiger partial charge < -0.3 is 14.8 Å². The largest absolute Gasteiger partial charge is 1.00 e. The van der Waals surface area contributed by atoms with Gasteiger partial charge in [0, 0.05) is 0 Å². The predicted octanol–water partition coefficient (Wildman–Crippen LogP) is -4.29. The molecule has 0 saturated heterocycles. The zero-order valence-electron chi connectivity index (χ0n) is 6.91. The van der Waals surface area contributed by atoms with Crippen molar-refractivity contribution in [2.75, 3.05) is 0 Å². The van der Waals surface area contributed by atoms with Crippen LogP contribution in [0.15, 0.2) is 24.3 Å². The number of allylic oxidation sites excluding steroid dienone is 2. The molecular weight excluding hydrogens is 207 g/mol. The van der Waals surface area contributed by atoms with Crippen molar-refractivity contribution < 1.29 is 52.7 Å². The Balaban J connectivity index is 0.00000144. The molecule has 7 heteroatoms. The van der Waals surface area contributed by atoms with E-state index in [1.807, 2.05) is 0 Å². The fourth-order valence-electron chi connectivity index (χ4n) is 0.831. The van der Waals surface area contributed by atoms with Gasteiger partial charge in [0.25, 0.3) is 0 Å². The molecule has 0 spiro atoms. The molecule has 0 aromatic carbocycles. The van der Waals surface area contributed by atoms with Crippen molar-refractivity contribution in [1.82, 2.24) is 0 Å². The Morgan fingerprint density at radius 2 is 1.92 bits per heavy atom. The van der Waals surface area contributed by atoms with Gasteiger partial charge in [0.05, 0.1) is 0 Å². The zero-order chi connectivity index (χ0) is 9.41. The van der Waals surface area contributed by atoms with Gasteiger partial charge in [-0.15, -0.1) is 0 Å². The molecule has 0 aliphatic heterocycles. The average Bonchev–Trinajstić information content (AvgIpc) is 1.93. The van der Waals surface area contributed by atoms with Crippen molar-refractivity contribution >= 4 is 10.1 Å². The molecule has 1 aliphatic rings.